The summed E-state index contributed by atoms with van der Waals surface area (Å²) in [5.74, 6) is -2.51. The molecule has 12 heavy (non-hydrogen) atoms. The van der Waals surface area contributed by atoms with Gasteiger partial charge in [-0.05, 0) is 12.8 Å². The van der Waals surface area contributed by atoms with Crippen LogP contribution in [0.25, 0.3) is 0 Å². The van der Waals surface area contributed by atoms with Gasteiger partial charge in [0.2, 0.25) is 0 Å². The number of carboxylic acids is 2. The van der Waals surface area contributed by atoms with Gasteiger partial charge in [-0.25, -0.2) is 0 Å². The van der Waals surface area contributed by atoms with Crippen LogP contribution in [0.4, 0.5) is 0 Å². The molecule has 0 spiro atoms. The molecule has 0 radical (unpaired) electrons. The monoisotopic (exact) mass is 355 g/mol. The van der Waals surface area contributed by atoms with E-state index in [4.69, 9.17) is 10.2 Å². The zero-order valence-electron chi connectivity index (χ0n) is 6.94. The summed E-state index contributed by atoms with van der Waals surface area (Å²) in [6, 6.07) is 0. The molecular formula is C7H12O4Pt. The zero-order valence-corrected chi connectivity index (χ0v) is 9.21. The third-order valence-corrected chi connectivity index (χ3v) is 2.03. The molecule has 0 unspecified atom stereocenters. The molecule has 0 saturated carbocycles. The molecule has 0 bridgehead atoms. The average Bonchev–Trinajstić information content (AvgIpc) is 1.90. The first-order valence-electron chi connectivity index (χ1n) is 3.48. The molecule has 0 fully saturated rings. The van der Waals surface area contributed by atoms with Gasteiger partial charge in [0.25, 0.3) is 0 Å². The number of carbonyl (C=O) groups is 2. The molecule has 4 nitrogen and oxygen atoms in total. The molecular weight excluding hydrogens is 343 g/mol. The summed E-state index contributed by atoms with van der Waals surface area (Å²) < 4.78 is 0. The van der Waals surface area contributed by atoms with Crippen LogP contribution in [0.15, 0.2) is 0 Å². The molecule has 0 aromatic carbocycles. The van der Waals surface area contributed by atoms with E-state index in [0.717, 1.165) is 0 Å². The Morgan fingerprint density at radius 2 is 1.33 bits per heavy atom. The van der Waals surface area contributed by atoms with Crippen LogP contribution in [0.5, 0.6) is 0 Å². The summed E-state index contributed by atoms with van der Waals surface area (Å²) in [5.41, 5.74) is -1.58. The maximum Gasteiger partial charge on any atom is 0.321 e. The van der Waals surface area contributed by atoms with Crippen molar-refractivity contribution in [2.75, 3.05) is 0 Å². The Hall–Kier alpha value is -0.372. The van der Waals surface area contributed by atoms with Crippen molar-refractivity contribution in [3.63, 3.8) is 0 Å². The second kappa shape index (κ2) is 5.30. The van der Waals surface area contributed by atoms with Gasteiger partial charge in [0, 0.05) is 21.1 Å². The number of hydrogen-bond acceptors (Lipinski definition) is 2. The maximum absolute atomic E-state index is 10.5. The predicted molar refractivity (Wildman–Crippen MR) is 38.3 cm³/mol. The first-order chi connectivity index (χ1) is 5.01. The summed E-state index contributed by atoms with van der Waals surface area (Å²) in [6.07, 6.45) is 0.238. The summed E-state index contributed by atoms with van der Waals surface area (Å²) in [4.78, 5) is 21.1. The van der Waals surface area contributed by atoms with Gasteiger partial charge < -0.3 is 10.2 Å². The average molecular weight is 355 g/mol. The molecule has 0 aromatic heterocycles. The van der Waals surface area contributed by atoms with E-state index in [-0.39, 0.29) is 33.9 Å². The van der Waals surface area contributed by atoms with Crippen LogP contribution < -0.4 is 0 Å². The molecule has 2 N–H and O–H groups in total. The molecule has 5 heteroatoms. The molecule has 0 aliphatic heterocycles. The van der Waals surface area contributed by atoms with Gasteiger partial charge in [-0.1, -0.05) is 13.8 Å². The summed E-state index contributed by atoms with van der Waals surface area (Å²) in [6.45, 7) is 3.12. The van der Waals surface area contributed by atoms with E-state index in [0.29, 0.717) is 0 Å². The van der Waals surface area contributed by atoms with Gasteiger partial charge >= 0.3 is 11.9 Å². The Kier molecular flexibility index (Phi) is 6.26. The van der Waals surface area contributed by atoms with Crippen LogP contribution in [-0.4, -0.2) is 22.2 Å². The van der Waals surface area contributed by atoms with Gasteiger partial charge in [0.05, 0.1) is 0 Å². The summed E-state index contributed by atoms with van der Waals surface area (Å²) in [5, 5.41) is 17.2. The Morgan fingerprint density at radius 1 is 1.08 bits per heavy atom. The Bertz CT molecular complexity index is 158. The number of rotatable bonds is 4. The molecule has 0 rings (SSSR count). The van der Waals surface area contributed by atoms with Gasteiger partial charge in [-0.15, -0.1) is 0 Å². The van der Waals surface area contributed by atoms with Crippen molar-refractivity contribution in [2.24, 2.45) is 5.41 Å². The number of aliphatic carboxylic acids is 2. The standard InChI is InChI=1S/C7H12O4.Pt/c1-3-7(4-2,5(8)9)6(10)11;/h3-4H2,1-2H3,(H,8,9)(H,10,11);. The van der Waals surface area contributed by atoms with Crippen molar-refractivity contribution in [3.05, 3.63) is 0 Å². The molecule has 0 saturated heterocycles. The van der Waals surface area contributed by atoms with Crippen molar-refractivity contribution < 1.29 is 40.9 Å². The number of hydrogen-bond donors (Lipinski definition) is 2. The largest absolute Gasteiger partial charge is 0.480 e. The van der Waals surface area contributed by atoms with Gasteiger partial charge in [0.15, 0.2) is 5.41 Å². The Morgan fingerprint density at radius 3 is 1.33 bits per heavy atom. The van der Waals surface area contributed by atoms with E-state index in [1.54, 1.807) is 13.8 Å². The fourth-order valence-corrected chi connectivity index (χ4v) is 0.946. The molecule has 0 aliphatic rings. The van der Waals surface area contributed by atoms with Crippen LogP contribution in [0.2, 0.25) is 0 Å². The SMILES string of the molecule is CCC(CC)(C(=O)O)C(=O)O.[Pt]. The molecule has 0 heterocycles. The predicted octanol–water partition coefficient (Wildman–Crippen LogP) is 0.960. The van der Waals surface area contributed by atoms with Crippen LogP contribution >= 0.6 is 0 Å². The van der Waals surface area contributed by atoms with E-state index in [9.17, 15) is 9.59 Å². The molecule has 0 amide bonds. The molecule has 0 aliphatic carbocycles. The van der Waals surface area contributed by atoms with Crippen molar-refractivity contribution >= 4 is 11.9 Å². The quantitative estimate of drug-likeness (QED) is 0.737. The second-order valence-corrected chi connectivity index (χ2v) is 2.40. The van der Waals surface area contributed by atoms with Gasteiger partial charge in [0.1, 0.15) is 0 Å². The first-order valence-corrected chi connectivity index (χ1v) is 3.48. The minimum atomic E-state index is -1.58. The van der Waals surface area contributed by atoms with Crippen LogP contribution in [0.1, 0.15) is 26.7 Å². The fraction of sp³-hybridized carbons (Fsp3) is 0.714. The van der Waals surface area contributed by atoms with Gasteiger partial charge in [-0.3, -0.25) is 9.59 Å². The topological polar surface area (TPSA) is 74.6 Å². The van der Waals surface area contributed by atoms with E-state index in [2.05, 4.69) is 0 Å². The Labute approximate surface area is 85.2 Å². The molecule has 0 atom stereocenters. The Balaban J connectivity index is 0. The third-order valence-electron chi connectivity index (χ3n) is 2.03. The van der Waals surface area contributed by atoms with E-state index in [1.807, 2.05) is 0 Å². The third kappa shape index (κ3) is 2.31. The van der Waals surface area contributed by atoms with E-state index in [1.165, 1.54) is 0 Å². The van der Waals surface area contributed by atoms with Crippen molar-refractivity contribution in [1.82, 2.24) is 0 Å². The first kappa shape index (κ1) is 14.2. The minimum absolute atomic E-state index is 0. The summed E-state index contributed by atoms with van der Waals surface area (Å²) in [7, 11) is 0. The fourth-order valence-electron chi connectivity index (χ4n) is 0.946. The number of carboxylic acid groups (broad SMARTS) is 2. The van der Waals surface area contributed by atoms with Crippen LogP contribution in [0.3, 0.4) is 0 Å². The minimum Gasteiger partial charge on any atom is -0.480 e. The van der Waals surface area contributed by atoms with Crippen LogP contribution in [0, 0.1) is 5.41 Å². The van der Waals surface area contributed by atoms with Crippen molar-refractivity contribution in [2.45, 2.75) is 26.7 Å². The van der Waals surface area contributed by atoms with Crippen molar-refractivity contribution in [3.8, 4) is 0 Å². The van der Waals surface area contributed by atoms with E-state index < -0.39 is 17.4 Å². The van der Waals surface area contributed by atoms with E-state index >= 15 is 0 Å². The smallest absolute Gasteiger partial charge is 0.321 e. The summed E-state index contributed by atoms with van der Waals surface area (Å²) >= 11 is 0. The van der Waals surface area contributed by atoms with Gasteiger partial charge in [-0.2, -0.15) is 0 Å². The molecule has 74 valence electrons. The zero-order chi connectivity index (χ0) is 9.07. The van der Waals surface area contributed by atoms with Crippen molar-refractivity contribution in [1.29, 1.82) is 0 Å². The normalized spacial score (nSPS) is 10.2. The molecule has 0 aromatic rings. The maximum atomic E-state index is 10.5. The van der Waals surface area contributed by atoms with Crippen LogP contribution in [-0.2, 0) is 30.7 Å². The second-order valence-electron chi connectivity index (χ2n) is 2.40.